The smallest absolute Gasteiger partial charge is 0.149 e. The molecule has 1 fully saturated rings. The first-order chi connectivity index (χ1) is 5.88. The average Bonchev–Trinajstić information content (AvgIpc) is 2.59. The van der Waals surface area contributed by atoms with E-state index in [0.29, 0.717) is 13.2 Å². The summed E-state index contributed by atoms with van der Waals surface area (Å²) in [6, 6.07) is 2.07. The van der Waals surface area contributed by atoms with E-state index in [1.807, 2.05) is 0 Å². The Bertz CT molecular complexity index is 160. The number of nitriles is 1. The molecule has 68 valence electrons. The summed E-state index contributed by atoms with van der Waals surface area (Å²) in [6.45, 7) is 1.51. The third-order valence-electron chi connectivity index (χ3n) is 1.91. The zero-order valence-electron chi connectivity index (χ0n) is 6.90. The molecule has 4 nitrogen and oxygen atoms in total. The van der Waals surface area contributed by atoms with Crippen molar-refractivity contribution in [1.82, 2.24) is 0 Å². The standard InChI is InChI=1S/C8H13NO3/c9-5-8(12-4-2-10)7-1-3-11-6-7/h7-8,10H,1-4,6H2. The first-order valence-corrected chi connectivity index (χ1v) is 4.08. The molecular weight excluding hydrogens is 158 g/mol. The molecule has 0 aliphatic carbocycles. The summed E-state index contributed by atoms with van der Waals surface area (Å²) in [7, 11) is 0. The Hall–Kier alpha value is -0.630. The molecule has 0 aromatic carbocycles. The Kier molecular flexibility index (Phi) is 4.01. The average molecular weight is 171 g/mol. The SMILES string of the molecule is N#CC(OCCO)C1CCOC1. The third kappa shape index (κ3) is 2.45. The van der Waals surface area contributed by atoms with Crippen LogP contribution in [0, 0.1) is 17.2 Å². The highest BCUT2D eigenvalue weighted by atomic mass is 16.5. The van der Waals surface area contributed by atoms with E-state index in [0.717, 1.165) is 6.42 Å². The maximum Gasteiger partial charge on any atom is 0.149 e. The van der Waals surface area contributed by atoms with Gasteiger partial charge in [0.05, 0.1) is 25.9 Å². The Morgan fingerprint density at radius 3 is 3.08 bits per heavy atom. The largest absolute Gasteiger partial charge is 0.394 e. The highest BCUT2D eigenvalue weighted by Gasteiger charge is 2.25. The first-order valence-electron chi connectivity index (χ1n) is 4.08. The van der Waals surface area contributed by atoms with E-state index in [-0.39, 0.29) is 19.1 Å². The van der Waals surface area contributed by atoms with Crippen molar-refractivity contribution in [2.45, 2.75) is 12.5 Å². The molecule has 1 rings (SSSR count). The molecule has 0 aromatic rings. The Morgan fingerprint density at radius 1 is 1.75 bits per heavy atom. The molecule has 12 heavy (non-hydrogen) atoms. The van der Waals surface area contributed by atoms with Gasteiger partial charge in [-0.25, -0.2) is 0 Å². The molecule has 0 bridgehead atoms. The second-order valence-corrected chi connectivity index (χ2v) is 2.77. The maximum absolute atomic E-state index is 8.70. The van der Waals surface area contributed by atoms with Gasteiger partial charge in [0.15, 0.2) is 0 Å². The van der Waals surface area contributed by atoms with E-state index in [1.54, 1.807) is 0 Å². The lowest BCUT2D eigenvalue weighted by Gasteiger charge is -2.14. The molecule has 2 unspecified atom stereocenters. The quantitative estimate of drug-likeness (QED) is 0.642. The van der Waals surface area contributed by atoms with Crippen LogP contribution in [0.15, 0.2) is 0 Å². The van der Waals surface area contributed by atoms with Crippen LogP contribution in [-0.2, 0) is 9.47 Å². The molecule has 1 N–H and O–H groups in total. The number of nitrogens with zero attached hydrogens (tertiary/aromatic N) is 1. The van der Waals surface area contributed by atoms with Crippen LogP contribution in [0.4, 0.5) is 0 Å². The monoisotopic (exact) mass is 171 g/mol. The highest BCUT2D eigenvalue weighted by molar-refractivity contribution is 4.91. The fourth-order valence-electron chi connectivity index (χ4n) is 1.25. The third-order valence-corrected chi connectivity index (χ3v) is 1.91. The van der Waals surface area contributed by atoms with Crippen LogP contribution in [0.5, 0.6) is 0 Å². The molecule has 4 heteroatoms. The van der Waals surface area contributed by atoms with Gasteiger partial charge in [-0.2, -0.15) is 5.26 Å². The fourth-order valence-corrected chi connectivity index (χ4v) is 1.25. The second-order valence-electron chi connectivity index (χ2n) is 2.77. The Labute approximate surface area is 71.7 Å². The first kappa shape index (κ1) is 9.46. The molecule has 1 aliphatic rings. The predicted molar refractivity (Wildman–Crippen MR) is 41.4 cm³/mol. The molecule has 0 aromatic heterocycles. The normalized spacial score (nSPS) is 25.2. The second kappa shape index (κ2) is 5.09. The van der Waals surface area contributed by atoms with Gasteiger partial charge in [-0.3, -0.25) is 0 Å². The van der Waals surface area contributed by atoms with Gasteiger partial charge < -0.3 is 14.6 Å². The van der Waals surface area contributed by atoms with Gasteiger partial charge in [0.2, 0.25) is 0 Å². The van der Waals surface area contributed by atoms with Crippen molar-refractivity contribution >= 4 is 0 Å². The van der Waals surface area contributed by atoms with Crippen LogP contribution in [0.3, 0.4) is 0 Å². The van der Waals surface area contributed by atoms with Crippen LogP contribution in [0.25, 0.3) is 0 Å². The van der Waals surface area contributed by atoms with Gasteiger partial charge >= 0.3 is 0 Å². The van der Waals surface area contributed by atoms with Crippen molar-refractivity contribution in [3.05, 3.63) is 0 Å². The van der Waals surface area contributed by atoms with Gasteiger partial charge in [-0.15, -0.1) is 0 Å². The van der Waals surface area contributed by atoms with Crippen molar-refractivity contribution in [2.75, 3.05) is 26.4 Å². The van der Waals surface area contributed by atoms with E-state index in [2.05, 4.69) is 6.07 Å². The van der Waals surface area contributed by atoms with Gasteiger partial charge in [-0.1, -0.05) is 0 Å². The molecule has 0 amide bonds. The van der Waals surface area contributed by atoms with Crippen molar-refractivity contribution in [3.63, 3.8) is 0 Å². The predicted octanol–water partition coefficient (Wildman–Crippen LogP) is -0.0760. The summed E-state index contributed by atoms with van der Waals surface area (Å²) in [6.07, 6.45) is 0.462. The van der Waals surface area contributed by atoms with Crippen LogP contribution in [0.1, 0.15) is 6.42 Å². The number of ether oxygens (including phenoxy) is 2. The summed E-state index contributed by atoms with van der Waals surface area (Å²) in [5.41, 5.74) is 0. The molecule has 0 radical (unpaired) electrons. The van der Waals surface area contributed by atoms with E-state index >= 15 is 0 Å². The lowest BCUT2D eigenvalue weighted by Crippen LogP contribution is -2.24. The summed E-state index contributed by atoms with van der Waals surface area (Å²) in [4.78, 5) is 0. The van der Waals surface area contributed by atoms with E-state index < -0.39 is 6.10 Å². The van der Waals surface area contributed by atoms with E-state index in [4.69, 9.17) is 19.8 Å². The summed E-state index contributed by atoms with van der Waals surface area (Å²) in [5, 5.41) is 17.2. The molecule has 1 aliphatic heterocycles. The van der Waals surface area contributed by atoms with Gasteiger partial charge in [-0.05, 0) is 6.42 Å². The molecular formula is C8H13NO3. The van der Waals surface area contributed by atoms with Crippen LogP contribution < -0.4 is 0 Å². The van der Waals surface area contributed by atoms with Crippen LogP contribution in [0.2, 0.25) is 0 Å². The summed E-state index contributed by atoms with van der Waals surface area (Å²) >= 11 is 0. The zero-order valence-corrected chi connectivity index (χ0v) is 6.90. The van der Waals surface area contributed by atoms with Crippen LogP contribution >= 0.6 is 0 Å². The van der Waals surface area contributed by atoms with Crippen molar-refractivity contribution in [2.24, 2.45) is 5.92 Å². The van der Waals surface area contributed by atoms with E-state index in [1.165, 1.54) is 0 Å². The number of rotatable bonds is 4. The lowest BCUT2D eigenvalue weighted by atomic mass is 10.0. The number of hydrogen-bond acceptors (Lipinski definition) is 4. The molecule has 1 saturated heterocycles. The minimum atomic E-state index is -0.417. The molecule has 2 atom stereocenters. The molecule has 1 heterocycles. The number of hydrogen-bond donors (Lipinski definition) is 1. The minimum absolute atomic E-state index is 0.0360. The topological polar surface area (TPSA) is 62.5 Å². The van der Waals surface area contributed by atoms with Gasteiger partial charge in [0, 0.05) is 12.5 Å². The Morgan fingerprint density at radius 2 is 2.58 bits per heavy atom. The minimum Gasteiger partial charge on any atom is -0.394 e. The molecule has 0 spiro atoms. The molecule has 0 saturated carbocycles. The fraction of sp³-hybridized carbons (Fsp3) is 0.875. The maximum atomic E-state index is 8.70. The van der Waals surface area contributed by atoms with Gasteiger partial charge in [0.25, 0.3) is 0 Å². The zero-order chi connectivity index (χ0) is 8.81. The lowest BCUT2D eigenvalue weighted by molar-refractivity contribution is 0.0235. The summed E-state index contributed by atoms with van der Waals surface area (Å²) in [5.74, 6) is 0.182. The number of aliphatic hydroxyl groups is 1. The highest BCUT2D eigenvalue weighted by Crippen LogP contribution is 2.18. The van der Waals surface area contributed by atoms with Crippen LogP contribution in [-0.4, -0.2) is 37.6 Å². The van der Waals surface area contributed by atoms with Gasteiger partial charge in [0.1, 0.15) is 6.10 Å². The van der Waals surface area contributed by atoms with E-state index in [9.17, 15) is 0 Å². The van der Waals surface area contributed by atoms with Crippen molar-refractivity contribution in [3.8, 4) is 6.07 Å². The number of aliphatic hydroxyl groups excluding tert-OH is 1. The Balaban J connectivity index is 2.29. The van der Waals surface area contributed by atoms with Crippen molar-refractivity contribution < 1.29 is 14.6 Å². The summed E-state index contributed by atoms with van der Waals surface area (Å²) < 4.78 is 10.3. The van der Waals surface area contributed by atoms with Crippen molar-refractivity contribution in [1.29, 1.82) is 5.26 Å².